The third-order valence-electron chi connectivity index (χ3n) is 5.58. The van der Waals surface area contributed by atoms with Gasteiger partial charge in [-0.15, -0.1) is 0 Å². The van der Waals surface area contributed by atoms with E-state index in [0.717, 1.165) is 35.8 Å². The van der Waals surface area contributed by atoms with Crippen LogP contribution in [0.2, 0.25) is 0 Å². The van der Waals surface area contributed by atoms with E-state index in [4.69, 9.17) is 0 Å². The molecule has 2 saturated carbocycles. The lowest BCUT2D eigenvalue weighted by atomic mass is 9.66. The summed E-state index contributed by atoms with van der Waals surface area (Å²) >= 11 is 0. The molecule has 2 aliphatic rings. The van der Waals surface area contributed by atoms with Crippen LogP contribution >= 0.6 is 0 Å². The highest BCUT2D eigenvalue weighted by molar-refractivity contribution is 5.29. The zero-order valence-electron chi connectivity index (χ0n) is 12.3. The Bertz CT molecular complexity index is 470. The average Bonchev–Trinajstić information content (AvgIpc) is 2.46. The van der Waals surface area contributed by atoms with E-state index in [0.29, 0.717) is 5.92 Å². The molecular formula is C18H25FO. The number of halogens is 1. The minimum absolute atomic E-state index is 0.213. The molecule has 1 N–H and O–H groups in total. The molecule has 20 heavy (non-hydrogen) atoms. The first-order valence-electron chi connectivity index (χ1n) is 8.09. The van der Waals surface area contributed by atoms with Crippen molar-refractivity contribution in [3.63, 3.8) is 0 Å². The van der Waals surface area contributed by atoms with Gasteiger partial charge in [-0.05, 0) is 67.2 Å². The van der Waals surface area contributed by atoms with E-state index in [1.54, 1.807) is 6.07 Å². The molecule has 3 rings (SSSR count). The van der Waals surface area contributed by atoms with E-state index in [-0.39, 0.29) is 5.82 Å². The first kappa shape index (κ1) is 14.1. The molecule has 110 valence electrons. The van der Waals surface area contributed by atoms with Crippen LogP contribution in [0, 0.1) is 30.5 Å². The van der Waals surface area contributed by atoms with Gasteiger partial charge in [0.05, 0.1) is 6.10 Å². The standard InChI is InChI=1S/C18H25FO/c1-12-10-16(19)8-9-17(12)18(20)15-7-6-13-4-2-3-5-14(13)11-15/h8-10,13-15,18,20H,2-7,11H2,1H3. The van der Waals surface area contributed by atoms with Crippen molar-refractivity contribution in [3.05, 3.63) is 35.1 Å². The largest absolute Gasteiger partial charge is 0.388 e. The summed E-state index contributed by atoms with van der Waals surface area (Å²) in [7, 11) is 0. The topological polar surface area (TPSA) is 20.2 Å². The van der Waals surface area contributed by atoms with E-state index >= 15 is 0 Å². The summed E-state index contributed by atoms with van der Waals surface area (Å²) in [5, 5.41) is 10.7. The van der Waals surface area contributed by atoms with Gasteiger partial charge in [-0.1, -0.05) is 31.7 Å². The molecule has 2 heteroatoms. The van der Waals surface area contributed by atoms with E-state index < -0.39 is 6.10 Å². The Morgan fingerprint density at radius 2 is 1.85 bits per heavy atom. The quantitative estimate of drug-likeness (QED) is 0.824. The van der Waals surface area contributed by atoms with Gasteiger partial charge in [-0.25, -0.2) is 4.39 Å². The second-order valence-electron chi connectivity index (χ2n) is 6.82. The van der Waals surface area contributed by atoms with Gasteiger partial charge in [0.1, 0.15) is 5.82 Å². The van der Waals surface area contributed by atoms with E-state index in [1.807, 2.05) is 6.92 Å². The fourth-order valence-electron chi connectivity index (χ4n) is 4.42. The minimum atomic E-state index is -0.418. The van der Waals surface area contributed by atoms with Crippen LogP contribution in [0.4, 0.5) is 4.39 Å². The van der Waals surface area contributed by atoms with Crippen LogP contribution in [-0.2, 0) is 0 Å². The second kappa shape index (κ2) is 5.85. The van der Waals surface area contributed by atoms with Gasteiger partial charge in [0.25, 0.3) is 0 Å². The molecule has 0 aliphatic heterocycles. The highest BCUT2D eigenvalue weighted by Gasteiger charge is 2.35. The molecular weight excluding hydrogens is 251 g/mol. The minimum Gasteiger partial charge on any atom is -0.388 e. The van der Waals surface area contributed by atoms with Crippen LogP contribution in [0.5, 0.6) is 0 Å². The Hall–Kier alpha value is -0.890. The SMILES string of the molecule is Cc1cc(F)ccc1C(O)C1CCC2CCCCC2C1. The summed E-state index contributed by atoms with van der Waals surface area (Å²) in [5.74, 6) is 1.87. The van der Waals surface area contributed by atoms with Crippen molar-refractivity contribution < 1.29 is 9.50 Å². The van der Waals surface area contributed by atoms with Crippen molar-refractivity contribution in [2.24, 2.45) is 17.8 Å². The molecule has 0 bridgehead atoms. The summed E-state index contributed by atoms with van der Waals surface area (Å²) in [6.07, 6.45) is 8.62. The summed E-state index contributed by atoms with van der Waals surface area (Å²) in [5.41, 5.74) is 1.80. The molecule has 1 aromatic rings. The van der Waals surface area contributed by atoms with Crippen LogP contribution in [-0.4, -0.2) is 5.11 Å². The summed E-state index contributed by atoms with van der Waals surface area (Å²) < 4.78 is 13.2. The average molecular weight is 276 g/mol. The third-order valence-corrected chi connectivity index (χ3v) is 5.58. The molecule has 0 saturated heterocycles. The van der Waals surface area contributed by atoms with Gasteiger partial charge in [0, 0.05) is 0 Å². The molecule has 2 fully saturated rings. The second-order valence-corrected chi connectivity index (χ2v) is 6.82. The van der Waals surface area contributed by atoms with Crippen molar-refractivity contribution in [2.75, 3.05) is 0 Å². The number of aryl methyl sites for hydroxylation is 1. The predicted molar refractivity (Wildman–Crippen MR) is 78.9 cm³/mol. The smallest absolute Gasteiger partial charge is 0.123 e. The summed E-state index contributed by atoms with van der Waals surface area (Å²) in [4.78, 5) is 0. The molecule has 4 unspecified atom stereocenters. The van der Waals surface area contributed by atoms with Crippen LogP contribution < -0.4 is 0 Å². The lowest BCUT2D eigenvalue weighted by molar-refractivity contribution is 0.0345. The van der Waals surface area contributed by atoms with Crippen molar-refractivity contribution >= 4 is 0 Å². The molecule has 0 spiro atoms. The highest BCUT2D eigenvalue weighted by atomic mass is 19.1. The Labute approximate surface area is 121 Å². The number of fused-ring (bicyclic) bond motifs is 1. The molecule has 2 aliphatic carbocycles. The fourth-order valence-corrected chi connectivity index (χ4v) is 4.42. The lowest BCUT2D eigenvalue weighted by Crippen LogP contribution is -2.30. The zero-order chi connectivity index (χ0) is 14.1. The number of benzene rings is 1. The van der Waals surface area contributed by atoms with E-state index in [2.05, 4.69) is 0 Å². The summed E-state index contributed by atoms with van der Waals surface area (Å²) in [6.45, 7) is 1.90. The first-order chi connectivity index (χ1) is 9.65. The van der Waals surface area contributed by atoms with Gasteiger partial charge >= 0.3 is 0 Å². The first-order valence-corrected chi connectivity index (χ1v) is 8.09. The Morgan fingerprint density at radius 1 is 1.10 bits per heavy atom. The van der Waals surface area contributed by atoms with Crippen molar-refractivity contribution in [1.29, 1.82) is 0 Å². The Morgan fingerprint density at radius 3 is 2.60 bits per heavy atom. The fraction of sp³-hybridized carbons (Fsp3) is 0.667. The molecule has 4 atom stereocenters. The van der Waals surface area contributed by atoms with Gasteiger partial charge in [-0.3, -0.25) is 0 Å². The van der Waals surface area contributed by atoms with Crippen molar-refractivity contribution in [2.45, 2.75) is 58.0 Å². The number of hydrogen-bond acceptors (Lipinski definition) is 1. The number of hydrogen-bond donors (Lipinski definition) is 1. The van der Waals surface area contributed by atoms with Gasteiger partial charge < -0.3 is 5.11 Å². The van der Waals surface area contributed by atoms with Gasteiger partial charge in [0.15, 0.2) is 0 Å². The van der Waals surface area contributed by atoms with Crippen molar-refractivity contribution in [1.82, 2.24) is 0 Å². The highest BCUT2D eigenvalue weighted by Crippen LogP contribution is 2.46. The van der Waals surface area contributed by atoms with Gasteiger partial charge in [0.2, 0.25) is 0 Å². The predicted octanol–water partition coefficient (Wildman–Crippen LogP) is 4.77. The number of aliphatic hydroxyl groups excluding tert-OH is 1. The van der Waals surface area contributed by atoms with E-state index in [9.17, 15) is 9.50 Å². The maximum atomic E-state index is 13.2. The molecule has 0 radical (unpaired) electrons. The van der Waals surface area contributed by atoms with Crippen LogP contribution in [0.1, 0.15) is 62.2 Å². The molecule has 1 nitrogen and oxygen atoms in total. The number of rotatable bonds is 2. The molecule has 0 heterocycles. The summed E-state index contributed by atoms with van der Waals surface area (Å²) in [6, 6.07) is 4.77. The van der Waals surface area contributed by atoms with Crippen molar-refractivity contribution in [3.8, 4) is 0 Å². The molecule has 0 amide bonds. The zero-order valence-corrected chi connectivity index (χ0v) is 12.3. The number of aliphatic hydroxyl groups is 1. The maximum absolute atomic E-state index is 13.2. The molecule has 1 aromatic carbocycles. The monoisotopic (exact) mass is 276 g/mol. The maximum Gasteiger partial charge on any atom is 0.123 e. The van der Waals surface area contributed by atoms with Crippen LogP contribution in [0.3, 0.4) is 0 Å². The molecule has 0 aromatic heterocycles. The van der Waals surface area contributed by atoms with E-state index in [1.165, 1.54) is 44.2 Å². The van der Waals surface area contributed by atoms with Crippen LogP contribution in [0.25, 0.3) is 0 Å². The third kappa shape index (κ3) is 2.76. The normalized spacial score (nSPS) is 31.6. The van der Waals surface area contributed by atoms with Gasteiger partial charge in [-0.2, -0.15) is 0 Å². The Kier molecular flexibility index (Phi) is 4.11. The van der Waals surface area contributed by atoms with Crippen LogP contribution in [0.15, 0.2) is 18.2 Å². The Balaban J connectivity index is 1.72. The lowest BCUT2D eigenvalue weighted by Gasteiger charge is -2.41.